The number of hydrogen-bond donors (Lipinski definition) is 2. The van der Waals surface area contributed by atoms with Crippen molar-refractivity contribution in [2.45, 2.75) is 26.6 Å². The number of piperazine rings is 1. The minimum atomic E-state index is 0.614. The molecule has 0 aliphatic carbocycles. The van der Waals surface area contributed by atoms with Gasteiger partial charge in [-0.15, -0.1) is 0 Å². The van der Waals surface area contributed by atoms with Gasteiger partial charge in [0, 0.05) is 57.4 Å². The van der Waals surface area contributed by atoms with Crippen LogP contribution in [0.25, 0.3) is 0 Å². The number of hydrogen-bond acceptors (Lipinski definition) is 5. The molecular weight excluding hydrogens is 402 g/mol. The van der Waals surface area contributed by atoms with Crippen LogP contribution in [0.1, 0.15) is 23.6 Å². The minimum Gasteiger partial charge on any atom is -0.497 e. The van der Waals surface area contributed by atoms with Crippen LogP contribution in [0.5, 0.6) is 11.5 Å². The Morgan fingerprint density at radius 2 is 1.66 bits per heavy atom. The summed E-state index contributed by atoms with van der Waals surface area (Å²) in [6, 6.07) is 14.7. The van der Waals surface area contributed by atoms with Crippen LogP contribution in [0, 0.1) is 0 Å². The van der Waals surface area contributed by atoms with Crippen LogP contribution >= 0.6 is 0 Å². The van der Waals surface area contributed by atoms with E-state index in [1.165, 1.54) is 11.1 Å². The molecule has 32 heavy (non-hydrogen) atoms. The molecule has 2 aromatic carbocycles. The Morgan fingerprint density at radius 3 is 2.31 bits per heavy atom. The summed E-state index contributed by atoms with van der Waals surface area (Å²) in [7, 11) is 5.52. The Kier molecular flexibility index (Phi) is 9.19. The third-order valence-corrected chi connectivity index (χ3v) is 5.73. The number of likely N-dealkylation sites (N-methyl/N-ethyl adjacent to an activating group) is 1. The van der Waals surface area contributed by atoms with Crippen molar-refractivity contribution >= 4 is 5.96 Å². The summed E-state index contributed by atoms with van der Waals surface area (Å²) >= 11 is 0. The molecule has 0 aromatic heterocycles. The maximum absolute atomic E-state index is 5.49. The number of nitrogens with zero attached hydrogens (tertiary/aromatic N) is 3. The van der Waals surface area contributed by atoms with Gasteiger partial charge in [0.25, 0.3) is 0 Å². The van der Waals surface area contributed by atoms with Gasteiger partial charge in [0.05, 0.1) is 20.8 Å². The number of ether oxygens (including phenoxy) is 2. The van der Waals surface area contributed by atoms with Crippen LogP contribution in [0.4, 0.5) is 0 Å². The molecule has 1 saturated heterocycles. The van der Waals surface area contributed by atoms with Gasteiger partial charge >= 0.3 is 0 Å². The number of methoxy groups -OCH3 is 2. The lowest BCUT2D eigenvalue weighted by atomic mass is 10.1. The predicted octanol–water partition coefficient (Wildman–Crippen LogP) is 2.71. The van der Waals surface area contributed by atoms with Gasteiger partial charge in [-0.25, -0.2) is 4.99 Å². The summed E-state index contributed by atoms with van der Waals surface area (Å²) in [5.41, 5.74) is 3.61. The Bertz CT molecular complexity index is 861. The molecule has 174 valence electrons. The van der Waals surface area contributed by atoms with Crippen molar-refractivity contribution in [1.29, 1.82) is 0 Å². The summed E-state index contributed by atoms with van der Waals surface area (Å²) < 4.78 is 10.8. The molecule has 0 unspecified atom stereocenters. The lowest BCUT2D eigenvalue weighted by Crippen LogP contribution is -2.43. The fourth-order valence-corrected chi connectivity index (χ4v) is 3.70. The molecular formula is C25H37N5O2. The molecule has 0 amide bonds. The lowest BCUT2D eigenvalue weighted by molar-refractivity contribution is 0.148. The van der Waals surface area contributed by atoms with Crippen molar-refractivity contribution < 1.29 is 9.47 Å². The van der Waals surface area contributed by atoms with Crippen LogP contribution in [0.2, 0.25) is 0 Å². The zero-order valence-electron chi connectivity index (χ0n) is 19.9. The highest BCUT2D eigenvalue weighted by Crippen LogP contribution is 2.24. The van der Waals surface area contributed by atoms with Crippen molar-refractivity contribution in [2.75, 3.05) is 54.0 Å². The number of guanidine groups is 1. The Hall–Kier alpha value is -2.77. The van der Waals surface area contributed by atoms with E-state index in [2.05, 4.69) is 58.7 Å². The summed E-state index contributed by atoms with van der Waals surface area (Å²) in [5.74, 6) is 2.36. The van der Waals surface area contributed by atoms with Crippen LogP contribution in [-0.4, -0.2) is 69.8 Å². The molecule has 3 rings (SSSR count). The first-order valence-corrected chi connectivity index (χ1v) is 11.3. The maximum Gasteiger partial charge on any atom is 0.191 e. The molecule has 1 heterocycles. The Balaban J connectivity index is 1.55. The van der Waals surface area contributed by atoms with Crippen molar-refractivity contribution in [3.05, 3.63) is 59.2 Å². The Labute approximate surface area is 192 Å². The van der Waals surface area contributed by atoms with Gasteiger partial charge in [0.1, 0.15) is 11.5 Å². The normalized spacial score (nSPS) is 15.4. The largest absolute Gasteiger partial charge is 0.497 e. The second-order valence-electron chi connectivity index (χ2n) is 8.12. The first-order chi connectivity index (χ1) is 15.6. The van der Waals surface area contributed by atoms with Gasteiger partial charge in [-0.1, -0.05) is 24.3 Å². The van der Waals surface area contributed by atoms with E-state index in [9.17, 15) is 0 Å². The van der Waals surface area contributed by atoms with E-state index in [0.29, 0.717) is 13.1 Å². The minimum absolute atomic E-state index is 0.614. The van der Waals surface area contributed by atoms with Crippen LogP contribution in [-0.2, 0) is 19.6 Å². The molecule has 1 fully saturated rings. The molecule has 0 spiro atoms. The number of benzene rings is 2. The van der Waals surface area contributed by atoms with E-state index in [1.54, 1.807) is 14.2 Å². The average Bonchev–Trinajstić information content (AvgIpc) is 2.83. The highest BCUT2D eigenvalue weighted by molar-refractivity contribution is 5.79. The lowest BCUT2D eigenvalue weighted by Gasteiger charge is -2.32. The monoisotopic (exact) mass is 439 g/mol. The summed E-state index contributed by atoms with van der Waals surface area (Å²) in [4.78, 5) is 9.66. The van der Waals surface area contributed by atoms with E-state index in [4.69, 9.17) is 14.5 Å². The van der Waals surface area contributed by atoms with Crippen molar-refractivity contribution in [2.24, 2.45) is 4.99 Å². The number of aliphatic imine (C=N–C) groups is 1. The Morgan fingerprint density at radius 1 is 0.938 bits per heavy atom. The van der Waals surface area contributed by atoms with E-state index >= 15 is 0 Å². The van der Waals surface area contributed by atoms with Gasteiger partial charge in [0.15, 0.2) is 5.96 Å². The highest BCUT2D eigenvalue weighted by atomic mass is 16.5. The van der Waals surface area contributed by atoms with Crippen molar-refractivity contribution in [1.82, 2.24) is 20.4 Å². The molecule has 2 aromatic rings. The summed E-state index contributed by atoms with van der Waals surface area (Å²) in [5, 5.41) is 6.71. The van der Waals surface area contributed by atoms with E-state index in [1.807, 2.05) is 18.2 Å². The third kappa shape index (κ3) is 7.14. The van der Waals surface area contributed by atoms with Crippen LogP contribution < -0.4 is 20.1 Å². The molecule has 2 N–H and O–H groups in total. The fourth-order valence-electron chi connectivity index (χ4n) is 3.70. The van der Waals surface area contributed by atoms with E-state index in [0.717, 1.165) is 62.3 Å². The molecule has 1 aliphatic heterocycles. The second kappa shape index (κ2) is 12.3. The number of rotatable bonds is 9. The summed E-state index contributed by atoms with van der Waals surface area (Å²) in [6.07, 6.45) is 0. The van der Waals surface area contributed by atoms with Gasteiger partial charge in [0.2, 0.25) is 0 Å². The quantitative estimate of drug-likeness (QED) is 0.463. The van der Waals surface area contributed by atoms with Gasteiger partial charge in [-0.3, -0.25) is 4.90 Å². The van der Waals surface area contributed by atoms with E-state index < -0.39 is 0 Å². The maximum atomic E-state index is 5.49. The standard InChI is InChI=1S/C25H37N5O2/c1-5-26-25(28-18-22-10-11-23(31-3)16-24(22)32-4)27-17-20-6-8-21(9-7-20)19-30-14-12-29(2)13-15-30/h6-11,16H,5,12-15,17-19H2,1-4H3,(H2,26,27,28). The summed E-state index contributed by atoms with van der Waals surface area (Å²) in [6.45, 7) is 9.70. The zero-order valence-corrected chi connectivity index (χ0v) is 19.9. The molecule has 0 saturated carbocycles. The molecule has 7 heteroatoms. The average molecular weight is 440 g/mol. The number of nitrogens with one attached hydrogen (secondary N) is 2. The smallest absolute Gasteiger partial charge is 0.191 e. The van der Waals surface area contributed by atoms with Gasteiger partial charge in [-0.05, 0) is 37.2 Å². The van der Waals surface area contributed by atoms with Gasteiger partial charge < -0.3 is 25.0 Å². The molecule has 0 bridgehead atoms. The zero-order chi connectivity index (χ0) is 22.8. The third-order valence-electron chi connectivity index (χ3n) is 5.73. The first-order valence-electron chi connectivity index (χ1n) is 11.3. The van der Waals surface area contributed by atoms with Crippen molar-refractivity contribution in [3.8, 4) is 11.5 Å². The predicted molar refractivity (Wildman–Crippen MR) is 130 cm³/mol. The molecule has 0 radical (unpaired) electrons. The van der Waals surface area contributed by atoms with Crippen LogP contribution in [0.15, 0.2) is 47.5 Å². The van der Waals surface area contributed by atoms with Crippen molar-refractivity contribution in [3.63, 3.8) is 0 Å². The molecule has 0 atom stereocenters. The topological polar surface area (TPSA) is 61.4 Å². The fraction of sp³-hybridized carbons (Fsp3) is 0.480. The first kappa shape index (κ1) is 23.9. The van der Waals surface area contributed by atoms with E-state index in [-0.39, 0.29) is 0 Å². The van der Waals surface area contributed by atoms with Gasteiger partial charge in [-0.2, -0.15) is 0 Å². The van der Waals surface area contributed by atoms with Crippen LogP contribution in [0.3, 0.4) is 0 Å². The molecule has 7 nitrogen and oxygen atoms in total. The SMILES string of the molecule is CCNC(=NCc1ccc(CN2CCN(C)CC2)cc1)NCc1ccc(OC)cc1OC. The molecule has 1 aliphatic rings. The second-order valence-corrected chi connectivity index (χ2v) is 8.12. The highest BCUT2D eigenvalue weighted by Gasteiger charge is 2.13.